The van der Waals surface area contributed by atoms with E-state index in [1.807, 2.05) is 0 Å². The summed E-state index contributed by atoms with van der Waals surface area (Å²) in [5, 5.41) is 6.91. The maximum Gasteiger partial charge on any atom is 0.270 e. The second-order valence-electron chi connectivity index (χ2n) is 5.69. The van der Waals surface area contributed by atoms with E-state index < -0.39 is 0 Å². The predicted molar refractivity (Wildman–Crippen MR) is 82.8 cm³/mol. The lowest BCUT2D eigenvalue weighted by molar-refractivity contribution is 0.0441. The summed E-state index contributed by atoms with van der Waals surface area (Å²) in [6.07, 6.45) is 11.2. The van der Waals surface area contributed by atoms with Crippen molar-refractivity contribution in [3.63, 3.8) is 0 Å². The molecule has 0 bridgehead atoms. The normalized spacial score (nSPS) is 16.5. The summed E-state index contributed by atoms with van der Waals surface area (Å²) in [6.45, 7) is 1.08. The van der Waals surface area contributed by atoms with Gasteiger partial charge in [-0.1, -0.05) is 25.7 Å². The lowest BCUT2D eigenvalue weighted by Gasteiger charge is -2.15. The van der Waals surface area contributed by atoms with Gasteiger partial charge >= 0.3 is 0 Å². The van der Waals surface area contributed by atoms with Crippen LogP contribution in [-0.4, -0.2) is 39.8 Å². The summed E-state index contributed by atoms with van der Waals surface area (Å²) in [7, 11) is 0. The van der Waals surface area contributed by atoms with Gasteiger partial charge in [0.2, 0.25) is 0 Å². The summed E-state index contributed by atoms with van der Waals surface area (Å²) < 4.78 is 7.49. The number of amides is 1. The topological polar surface area (TPSA) is 68.5 Å². The van der Waals surface area contributed by atoms with E-state index >= 15 is 0 Å². The molecular weight excluding hydrogens is 280 g/mol. The first-order chi connectivity index (χ1) is 10.8. The Balaban J connectivity index is 1.43. The fraction of sp³-hybridized carbons (Fsp3) is 0.562. The van der Waals surface area contributed by atoms with E-state index in [1.165, 1.54) is 25.7 Å². The van der Waals surface area contributed by atoms with E-state index in [1.54, 1.807) is 29.0 Å². The highest BCUT2D eigenvalue weighted by atomic mass is 16.5. The fourth-order valence-electron chi connectivity index (χ4n) is 2.83. The average molecular weight is 302 g/mol. The molecule has 1 fully saturated rings. The van der Waals surface area contributed by atoms with Crippen LogP contribution in [0.5, 0.6) is 0 Å². The van der Waals surface area contributed by atoms with Crippen molar-refractivity contribution in [1.29, 1.82) is 0 Å². The zero-order valence-corrected chi connectivity index (χ0v) is 12.7. The highest BCUT2D eigenvalue weighted by Crippen LogP contribution is 2.19. The first-order valence-corrected chi connectivity index (χ1v) is 8.03. The molecule has 2 aromatic heterocycles. The van der Waals surface area contributed by atoms with Gasteiger partial charge in [-0.25, -0.2) is 9.50 Å². The van der Waals surface area contributed by atoms with Crippen LogP contribution < -0.4 is 5.32 Å². The van der Waals surface area contributed by atoms with Gasteiger partial charge in [0.05, 0.1) is 18.9 Å². The Bertz CT molecular complexity index is 617. The lowest BCUT2D eigenvalue weighted by atomic mass is 10.1. The van der Waals surface area contributed by atoms with Crippen LogP contribution in [0, 0.1) is 0 Å². The van der Waals surface area contributed by atoms with E-state index in [2.05, 4.69) is 15.4 Å². The van der Waals surface area contributed by atoms with Crippen molar-refractivity contribution in [3.8, 4) is 0 Å². The van der Waals surface area contributed by atoms with Crippen LogP contribution in [0.15, 0.2) is 24.5 Å². The highest BCUT2D eigenvalue weighted by molar-refractivity contribution is 5.92. The van der Waals surface area contributed by atoms with Crippen LogP contribution in [0.4, 0.5) is 0 Å². The molecule has 0 saturated heterocycles. The molecule has 0 atom stereocenters. The third kappa shape index (κ3) is 3.82. The Kier molecular flexibility index (Phi) is 5.00. The molecule has 0 spiro atoms. The summed E-state index contributed by atoms with van der Waals surface area (Å²) in [5.41, 5.74) is 1.07. The van der Waals surface area contributed by atoms with E-state index in [4.69, 9.17) is 4.74 Å². The number of fused-ring (bicyclic) bond motifs is 1. The largest absolute Gasteiger partial charge is 0.376 e. The van der Waals surface area contributed by atoms with Crippen molar-refractivity contribution in [2.75, 3.05) is 13.2 Å². The fourth-order valence-corrected chi connectivity index (χ4v) is 2.83. The van der Waals surface area contributed by atoms with Crippen molar-refractivity contribution in [1.82, 2.24) is 19.9 Å². The Morgan fingerprint density at radius 3 is 2.91 bits per heavy atom. The van der Waals surface area contributed by atoms with Crippen molar-refractivity contribution in [3.05, 3.63) is 30.2 Å². The number of ether oxygens (including phenoxy) is 1. The van der Waals surface area contributed by atoms with Gasteiger partial charge in [0, 0.05) is 18.8 Å². The van der Waals surface area contributed by atoms with Gasteiger partial charge in [0.1, 0.15) is 5.69 Å². The van der Waals surface area contributed by atoms with Gasteiger partial charge in [-0.15, -0.1) is 0 Å². The Morgan fingerprint density at radius 2 is 2.09 bits per heavy atom. The average Bonchev–Trinajstić information content (AvgIpc) is 2.85. The van der Waals surface area contributed by atoms with Crippen LogP contribution in [0.1, 0.15) is 49.0 Å². The molecule has 118 valence electrons. The number of hydrogen-bond acceptors (Lipinski definition) is 4. The number of rotatable bonds is 5. The minimum absolute atomic E-state index is 0.173. The molecule has 0 aromatic carbocycles. The lowest BCUT2D eigenvalue weighted by Crippen LogP contribution is -2.29. The molecule has 6 heteroatoms. The van der Waals surface area contributed by atoms with Crippen molar-refractivity contribution < 1.29 is 9.53 Å². The van der Waals surface area contributed by atoms with Gasteiger partial charge < -0.3 is 10.1 Å². The molecule has 1 N–H and O–H groups in total. The third-order valence-corrected chi connectivity index (χ3v) is 4.03. The molecule has 6 nitrogen and oxygen atoms in total. The number of nitrogens with one attached hydrogen (secondary N) is 1. The minimum atomic E-state index is -0.173. The zero-order chi connectivity index (χ0) is 15.2. The number of aromatic nitrogens is 3. The van der Waals surface area contributed by atoms with Crippen LogP contribution >= 0.6 is 0 Å². The van der Waals surface area contributed by atoms with E-state index in [0.717, 1.165) is 12.8 Å². The summed E-state index contributed by atoms with van der Waals surface area (Å²) >= 11 is 0. The highest BCUT2D eigenvalue weighted by Gasteiger charge is 2.13. The Hall–Kier alpha value is -1.95. The van der Waals surface area contributed by atoms with E-state index in [9.17, 15) is 4.79 Å². The third-order valence-electron chi connectivity index (χ3n) is 4.03. The van der Waals surface area contributed by atoms with Crippen LogP contribution in [-0.2, 0) is 4.74 Å². The second kappa shape index (κ2) is 7.35. The molecule has 1 saturated carbocycles. The van der Waals surface area contributed by atoms with E-state index in [-0.39, 0.29) is 5.91 Å². The van der Waals surface area contributed by atoms with Crippen LogP contribution in [0.2, 0.25) is 0 Å². The molecule has 1 aliphatic rings. The SMILES string of the molecule is O=C(NCCOC1CCCCCC1)c1ccn2nccc2n1. The molecule has 1 amide bonds. The molecule has 2 aromatic rings. The quantitative estimate of drug-likeness (QED) is 0.679. The van der Waals surface area contributed by atoms with Crippen LogP contribution in [0.3, 0.4) is 0 Å². The molecule has 0 unspecified atom stereocenters. The molecule has 2 heterocycles. The predicted octanol–water partition coefficient (Wildman–Crippen LogP) is 2.20. The van der Waals surface area contributed by atoms with Crippen molar-refractivity contribution >= 4 is 11.6 Å². The van der Waals surface area contributed by atoms with Gasteiger partial charge in [-0.2, -0.15) is 5.10 Å². The minimum Gasteiger partial charge on any atom is -0.376 e. The Morgan fingerprint density at radius 1 is 1.27 bits per heavy atom. The zero-order valence-electron chi connectivity index (χ0n) is 12.7. The van der Waals surface area contributed by atoms with Gasteiger partial charge in [0.25, 0.3) is 5.91 Å². The molecule has 3 rings (SSSR count). The molecular formula is C16H22N4O2. The second-order valence-corrected chi connectivity index (χ2v) is 5.69. The Labute approximate surface area is 129 Å². The van der Waals surface area contributed by atoms with Gasteiger partial charge in [-0.3, -0.25) is 4.79 Å². The standard InChI is InChI=1S/C16H22N4O2/c21-16(14-8-11-20-15(19-14)7-9-18-20)17-10-12-22-13-5-3-1-2-4-6-13/h7-9,11,13H,1-6,10,12H2,(H,17,21). The number of hydrogen-bond donors (Lipinski definition) is 1. The number of carbonyl (C=O) groups is 1. The van der Waals surface area contributed by atoms with Gasteiger partial charge in [-0.05, 0) is 18.9 Å². The maximum absolute atomic E-state index is 12.1. The summed E-state index contributed by atoms with van der Waals surface area (Å²) in [5.74, 6) is -0.173. The molecule has 1 aliphatic carbocycles. The number of carbonyl (C=O) groups excluding carboxylic acids is 1. The first kappa shape index (κ1) is 15.0. The summed E-state index contributed by atoms with van der Waals surface area (Å²) in [4.78, 5) is 16.3. The molecule has 22 heavy (non-hydrogen) atoms. The molecule has 0 aliphatic heterocycles. The smallest absolute Gasteiger partial charge is 0.270 e. The number of nitrogens with zero attached hydrogens (tertiary/aromatic N) is 3. The maximum atomic E-state index is 12.1. The van der Waals surface area contributed by atoms with Crippen molar-refractivity contribution in [2.45, 2.75) is 44.6 Å². The van der Waals surface area contributed by atoms with Crippen molar-refractivity contribution in [2.24, 2.45) is 0 Å². The summed E-state index contributed by atoms with van der Waals surface area (Å²) in [6, 6.07) is 3.44. The van der Waals surface area contributed by atoms with E-state index in [0.29, 0.717) is 30.6 Å². The van der Waals surface area contributed by atoms with Crippen LogP contribution in [0.25, 0.3) is 5.65 Å². The monoisotopic (exact) mass is 302 g/mol. The first-order valence-electron chi connectivity index (χ1n) is 8.03. The molecule has 0 radical (unpaired) electrons. The van der Waals surface area contributed by atoms with Gasteiger partial charge in [0.15, 0.2) is 5.65 Å².